The van der Waals surface area contributed by atoms with Crippen molar-refractivity contribution in [3.8, 4) is 0 Å². The summed E-state index contributed by atoms with van der Waals surface area (Å²) in [5.41, 5.74) is 47.3. The number of anilines is 2. The Hall–Kier alpha value is -6.86. The normalized spacial score (nSPS) is 11.2. The topological polar surface area (TPSA) is 365 Å². The molecule has 2 amide bonds. The first-order chi connectivity index (χ1) is 25.9. The van der Waals surface area contributed by atoms with Crippen LogP contribution in [0.2, 0.25) is 0 Å². The Morgan fingerprint density at radius 2 is 0.685 bits per heavy atom. The van der Waals surface area contributed by atoms with Gasteiger partial charge in [0, 0.05) is 74.8 Å². The van der Waals surface area contributed by atoms with Gasteiger partial charge in [-0.25, -0.2) is 0 Å². The summed E-state index contributed by atoms with van der Waals surface area (Å²) in [5.74, 6) is -0.752. The molecule has 0 aromatic heterocycles. The summed E-state index contributed by atoms with van der Waals surface area (Å²) in [6.07, 6.45) is 13.9. The number of hydrogen-bond donors (Lipinski definition) is 10. The van der Waals surface area contributed by atoms with Crippen molar-refractivity contribution in [1.29, 1.82) is 0 Å². The third-order valence-corrected chi connectivity index (χ3v) is 7.06. The smallest absolute Gasteiger partial charge is 0.224 e. The second kappa shape index (κ2) is 25.2. The lowest BCUT2D eigenvalue weighted by molar-refractivity contribution is -0.117. The minimum Gasteiger partial charge on any atom is -0.369 e. The van der Waals surface area contributed by atoms with Crippen molar-refractivity contribution in [1.82, 2.24) is 0 Å². The van der Waals surface area contributed by atoms with Gasteiger partial charge in [0.1, 0.15) is 0 Å². The number of guanidine groups is 4. The van der Waals surface area contributed by atoms with Gasteiger partial charge >= 0.3 is 0 Å². The van der Waals surface area contributed by atoms with Crippen LogP contribution in [0, 0.1) is 0 Å². The Morgan fingerprint density at radius 3 is 0.944 bits per heavy atom. The van der Waals surface area contributed by atoms with E-state index in [2.05, 4.69) is 51.4 Å². The highest BCUT2D eigenvalue weighted by Crippen LogP contribution is 2.19. The molecule has 2 aromatic carbocycles. The molecule has 0 saturated carbocycles. The maximum absolute atomic E-state index is 12.7. The molecular formula is C34H52N18O2. The number of nitrogens with one attached hydrogen (secondary N) is 2. The minimum absolute atomic E-state index is 0.0903. The van der Waals surface area contributed by atoms with Gasteiger partial charge in [-0.05, 0) is 59.4 Å². The zero-order chi connectivity index (χ0) is 39.6. The van der Waals surface area contributed by atoms with Crippen LogP contribution < -0.4 is 56.5 Å². The predicted molar refractivity (Wildman–Crippen MR) is 219 cm³/mol. The van der Waals surface area contributed by atoms with E-state index in [0.717, 1.165) is 60.8 Å². The largest absolute Gasteiger partial charge is 0.369 e. The molecule has 0 aliphatic heterocycles. The molecule has 2 rings (SSSR count). The van der Waals surface area contributed by atoms with Crippen molar-refractivity contribution in [2.45, 2.75) is 77.0 Å². The van der Waals surface area contributed by atoms with Crippen molar-refractivity contribution in [2.24, 2.45) is 86.7 Å². The van der Waals surface area contributed by atoms with Gasteiger partial charge in [-0.3, -0.25) is 9.59 Å². The first-order valence-electron chi connectivity index (χ1n) is 17.2. The summed E-state index contributed by atoms with van der Waals surface area (Å²) >= 11 is 0. The van der Waals surface area contributed by atoms with E-state index in [0.29, 0.717) is 49.9 Å². The zero-order valence-corrected chi connectivity index (χ0v) is 30.3. The molecule has 2 aromatic rings. The number of unbranched alkanes of at least 4 members (excludes halogenated alkanes) is 5. The average molecular weight is 745 g/mol. The van der Waals surface area contributed by atoms with E-state index in [-0.39, 0.29) is 35.7 Å². The fourth-order valence-electron chi connectivity index (χ4n) is 4.88. The van der Waals surface area contributed by atoms with Crippen molar-refractivity contribution in [3.05, 3.63) is 58.7 Å². The maximum atomic E-state index is 12.7. The molecule has 0 spiro atoms. The van der Waals surface area contributed by atoms with Gasteiger partial charge in [0.05, 0.1) is 0 Å². The number of hydrogen-bond acceptors (Lipinski definition) is 10. The third-order valence-electron chi connectivity index (χ3n) is 7.06. The molecule has 0 bridgehead atoms. The van der Waals surface area contributed by atoms with E-state index in [9.17, 15) is 9.59 Å². The number of nitrogens with two attached hydrogens (primary N) is 8. The summed E-state index contributed by atoms with van der Waals surface area (Å²) in [5, 5.41) is 35.7. The molecule has 0 aliphatic carbocycles. The highest BCUT2D eigenvalue weighted by atomic mass is 16.2. The second-order valence-electron chi connectivity index (χ2n) is 11.9. The van der Waals surface area contributed by atoms with Crippen LogP contribution in [0.5, 0.6) is 0 Å². The predicted octanol–water partition coefficient (Wildman–Crippen LogP) is 0.591. The SMILES string of the molecule is NC(N)=NN=CCc1cc(CC=NN=C(N)N)cc(NC(=O)CCCCCCCCC(=O)Nc2cc(CC=NN=C(N)N)cc(CC=NN=C(N)N)c2)c1. The van der Waals surface area contributed by atoms with Crippen molar-refractivity contribution in [2.75, 3.05) is 10.6 Å². The van der Waals surface area contributed by atoms with Crippen LogP contribution in [0.3, 0.4) is 0 Å². The monoisotopic (exact) mass is 744 g/mol. The fraction of sp³-hybridized carbons (Fsp3) is 0.353. The van der Waals surface area contributed by atoms with E-state index in [1.54, 1.807) is 24.9 Å². The van der Waals surface area contributed by atoms with Gasteiger partial charge in [0.2, 0.25) is 35.7 Å². The number of nitrogens with zero attached hydrogens (tertiary/aromatic N) is 8. The molecule has 0 aliphatic rings. The first-order valence-corrected chi connectivity index (χ1v) is 17.2. The zero-order valence-electron chi connectivity index (χ0n) is 30.3. The highest BCUT2D eigenvalue weighted by molar-refractivity contribution is 5.92. The van der Waals surface area contributed by atoms with Crippen LogP contribution in [0.15, 0.2) is 77.2 Å². The number of benzene rings is 2. The molecule has 0 unspecified atom stereocenters. The standard InChI is InChI=1S/C34H52N18O2/c35-31(36)49-43-13-9-23-17-24(10-14-44-50-32(37)38)20-27(19-23)47-29(53)7-5-3-1-2-4-6-8-30(54)48-28-21-25(11-15-45-51-33(39)40)18-26(22-28)12-16-46-52-34(41)42/h13-22H,1-12H2,(H,47,53)(H,48,54)(H4,35,36,49)(H4,37,38,50)(H4,39,40,51)(H4,41,42,52). The maximum Gasteiger partial charge on any atom is 0.224 e. The third kappa shape index (κ3) is 21.4. The molecule has 0 radical (unpaired) electrons. The van der Waals surface area contributed by atoms with Crippen LogP contribution in [0.1, 0.15) is 73.6 Å². The highest BCUT2D eigenvalue weighted by Gasteiger charge is 2.08. The Bertz CT molecular complexity index is 1520. The van der Waals surface area contributed by atoms with Crippen LogP contribution in [-0.2, 0) is 35.3 Å². The molecule has 20 heteroatoms. The van der Waals surface area contributed by atoms with Crippen LogP contribution >= 0.6 is 0 Å². The molecule has 18 N–H and O–H groups in total. The van der Waals surface area contributed by atoms with Gasteiger partial charge in [-0.1, -0.05) is 37.8 Å². The van der Waals surface area contributed by atoms with Gasteiger partial charge in [0.15, 0.2) is 0 Å². The van der Waals surface area contributed by atoms with E-state index in [1.807, 2.05) is 36.4 Å². The average Bonchev–Trinajstić information content (AvgIpc) is 3.09. The molecule has 20 nitrogen and oxygen atoms in total. The Balaban J connectivity index is 1.81. The summed E-state index contributed by atoms with van der Waals surface area (Å²) in [7, 11) is 0. The van der Waals surface area contributed by atoms with E-state index in [4.69, 9.17) is 45.9 Å². The van der Waals surface area contributed by atoms with E-state index in [1.165, 1.54) is 0 Å². The van der Waals surface area contributed by atoms with Crippen molar-refractivity contribution < 1.29 is 9.59 Å². The summed E-state index contributed by atoms with van der Waals surface area (Å²) < 4.78 is 0. The lowest BCUT2D eigenvalue weighted by Crippen LogP contribution is -2.21. The van der Waals surface area contributed by atoms with Crippen molar-refractivity contribution in [3.63, 3.8) is 0 Å². The molecular weight excluding hydrogens is 692 g/mol. The number of carbonyl (C=O) groups is 2. The number of carbonyl (C=O) groups excluding carboxylic acids is 2. The number of rotatable bonds is 23. The van der Waals surface area contributed by atoms with Gasteiger partial charge < -0.3 is 56.5 Å². The van der Waals surface area contributed by atoms with Crippen molar-refractivity contribution >= 4 is 71.9 Å². The lowest BCUT2D eigenvalue weighted by Gasteiger charge is -2.10. The second-order valence-corrected chi connectivity index (χ2v) is 11.9. The van der Waals surface area contributed by atoms with E-state index >= 15 is 0 Å². The van der Waals surface area contributed by atoms with Crippen LogP contribution in [-0.4, -0.2) is 60.5 Å². The Morgan fingerprint density at radius 1 is 0.426 bits per heavy atom. The molecule has 54 heavy (non-hydrogen) atoms. The summed E-state index contributed by atoms with van der Waals surface area (Å²) in [6.45, 7) is 0. The van der Waals surface area contributed by atoms with Gasteiger partial charge in [0.25, 0.3) is 0 Å². The summed E-state index contributed by atoms with van der Waals surface area (Å²) in [6, 6.07) is 11.3. The molecule has 0 atom stereocenters. The molecule has 290 valence electrons. The lowest BCUT2D eigenvalue weighted by atomic mass is 10.0. The molecule has 0 fully saturated rings. The fourth-order valence-corrected chi connectivity index (χ4v) is 4.88. The molecule has 0 saturated heterocycles. The van der Waals surface area contributed by atoms with E-state index < -0.39 is 0 Å². The first kappa shape index (κ1) is 43.3. The Kier molecular flexibility index (Phi) is 20.2. The Labute approximate surface area is 314 Å². The van der Waals surface area contributed by atoms with Crippen LogP contribution in [0.25, 0.3) is 0 Å². The summed E-state index contributed by atoms with van der Waals surface area (Å²) in [4.78, 5) is 25.5. The van der Waals surface area contributed by atoms with Gasteiger partial charge in [-0.15, -0.1) is 20.4 Å². The van der Waals surface area contributed by atoms with Gasteiger partial charge in [-0.2, -0.15) is 20.4 Å². The van der Waals surface area contributed by atoms with Crippen LogP contribution in [0.4, 0.5) is 11.4 Å². The minimum atomic E-state index is -0.143. The quantitative estimate of drug-likeness (QED) is 0.0327. The number of amides is 2. The molecule has 0 heterocycles.